The third-order valence-electron chi connectivity index (χ3n) is 3.05. The fourth-order valence-corrected chi connectivity index (χ4v) is 2.46. The lowest BCUT2D eigenvalue weighted by Crippen LogP contribution is -2.29. The van der Waals surface area contributed by atoms with E-state index in [1.54, 1.807) is 0 Å². The average molecular weight is 336 g/mol. The van der Waals surface area contributed by atoms with Gasteiger partial charge in [0.1, 0.15) is 5.75 Å². The zero-order valence-corrected chi connectivity index (χ0v) is 12.9. The number of anilines is 1. The van der Waals surface area contributed by atoms with E-state index in [2.05, 4.69) is 21.4 Å². The molecule has 0 bridgehead atoms. The number of hydrogen-bond donors (Lipinski definition) is 3. The Balaban J connectivity index is 2.34. The summed E-state index contributed by atoms with van der Waals surface area (Å²) in [5.41, 5.74) is 11.5. The maximum absolute atomic E-state index is 6.04. The number of halogens is 1. The van der Waals surface area contributed by atoms with E-state index in [0.717, 1.165) is 21.3 Å². The highest BCUT2D eigenvalue weighted by Gasteiger charge is 2.15. The molecule has 4 nitrogen and oxygen atoms in total. The molecule has 106 valence electrons. The number of hydrogen-bond acceptors (Lipinski definition) is 4. The maximum Gasteiger partial charge on any atom is 0.119 e. The first kappa shape index (κ1) is 14.8. The van der Waals surface area contributed by atoms with Crippen LogP contribution >= 0.6 is 15.9 Å². The van der Waals surface area contributed by atoms with Crippen molar-refractivity contribution < 1.29 is 4.74 Å². The summed E-state index contributed by atoms with van der Waals surface area (Å²) < 4.78 is 6.40. The summed E-state index contributed by atoms with van der Waals surface area (Å²) in [6.45, 7) is 2.61. The molecule has 0 saturated heterocycles. The molecule has 5 N–H and O–H groups in total. The lowest BCUT2D eigenvalue weighted by atomic mass is 9.98. The van der Waals surface area contributed by atoms with Gasteiger partial charge in [-0.05, 0) is 48.4 Å². The van der Waals surface area contributed by atoms with Crippen molar-refractivity contribution >= 4 is 21.6 Å². The topological polar surface area (TPSA) is 73.3 Å². The van der Waals surface area contributed by atoms with E-state index in [0.29, 0.717) is 12.3 Å². The van der Waals surface area contributed by atoms with Crippen molar-refractivity contribution in [2.24, 2.45) is 5.84 Å². The Bertz CT molecular complexity index is 572. The Labute approximate surface area is 127 Å². The first-order valence-electron chi connectivity index (χ1n) is 6.39. The van der Waals surface area contributed by atoms with Crippen LogP contribution in [0.1, 0.15) is 24.1 Å². The Morgan fingerprint density at radius 3 is 2.50 bits per heavy atom. The number of benzene rings is 2. The molecule has 1 atom stereocenters. The molecule has 0 amide bonds. The van der Waals surface area contributed by atoms with E-state index in [1.165, 1.54) is 0 Å². The Morgan fingerprint density at radius 1 is 1.20 bits per heavy atom. The summed E-state index contributed by atoms with van der Waals surface area (Å²) in [6, 6.07) is 13.4. The zero-order valence-electron chi connectivity index (χ0n) is 11.3. The fourth-order valence-electron chi connectivity index (χ4n) is 2.08. The predicted octanol–water partition coefficient (Wildman–Crippen LogP) is 2.98. The number of rotatable bonds is 5. The highest BCUT2D eigenvalue weighted by molar-refractivity contribution is 9.10. The van der Waals surface area contributed by atoms with Crippen LogP contribution in [0.25, 0.3) is 0 Å². The third-order valence-corrected chi connectivity index (χ3v) is 3.54. The molecule has 20 heavy (non-hydrogen) atoms. The molecule has 0 aromatic heterocycles. The number of ether oxygens (including phenoxy) is 1. The van der Waals surface area contributed by atoms with Crippen molar-refractivity contribution in [2.75, 3.05) is 12.3 Å². The van der Waals surface area contributed by atoms with Gasteiger partial charge in [0.25, 0.3) is 0 Å². The zero-order chi connectivity index (χ0) is 14.5. The number of nitrogens with two attached hydrogens (primary N) is 2. The van der Waals surface area contributed by atoms with Crippen LogP contribution in [0.3, 0.4) is 0 Å². The largest absolute Gasteiger partial charge is 0.494 e. The lowest BCUT2D eigenvalue weighted by molar-refractivity contribution is 0.340. The normalized spacial score (nSPS) is 12.2. The van der Waals surface area contributed by atoms with Gasteiger partial charge in [0.2, 0.25) is 0 Å². The maximum atomic E-state index is 6.04. The molecule has 0 aliphatic heterocycles. The van der Waals surface area contributed by atoms with Gasteiger partial charge in [-0.2, -0.15) is 0 Å². The minimum atomic E-state index is -0.164. The SMILES string of the molecule is CCOc1ccc(C(NN)c2cc(Br)ccc2N)cc1. The highest BCUT2D eigenvalue weighted by Crippen LogP contribution is 2.29. The Kier molecular flexibility index (Phi) is 5.00. The van der Waals surface area contributed by atoms with Crippen molar-refractivity contribution in [3.05, 3.63) is 58.1 Å². The molecule has 0 heterocycles. The summed E-state index contributed by atoms with van der Waals surface area (Å²) in [7, 11) is 0. The van der Waals surface area contributed by atoms with Crippen LogP contribution in [0.15, 0.2) is 46.9 Å². The number of nitrogens with one attached hydrogen (secondary N) is 1. The molecule has 2 aromatic rings. The van der Waals surface area contributed by atoms with Gasteiger partial charge in [0.15, 0.2) is 0 Å². The molecule has 2 aromatic carbocycles. The molecule has 0 aliphatic carbocycles. The molecule has 0 spiro atoms. The molecule has 0 fully saturated rings. The van der Waals surface area contributed by atoms with Gasteiger partial charge >= 0.3 is 0 Å². The van der Waals surface area contributed by atoms with E-state index in [1.807, 2.05) is 49.4 Å². The van der Waals surface area contributed by atoms with E-state index in [4.69, 9.17) is 16.3 Å². The van der Waals surface area contributed by atoms with Crippen LogP contribution in [0.2, 0.25) is 0 Å². The van der Waals surface area contributed by atoms with Crippen molar-refractivity contribution in [3.63, 3.8) is 0 Å². The van der Waals surface area contributed by atoms with Crippen molar-refractivity contribution in [1.29, 1.82) is 0 Å². The molecular weight excluding hydrogens is 318 g/mol. The van der Waals surface area contributed by atoms with Crippen molar-refractivity contribution in [1.82, 2.24) is 5.43 Å². The second kappa shape index (κ2) is 6.74. The predicted molar refractivity (Wildman–Crippen MR) is 85.3 cm³/mol. The smallest absolute Gasteiger partial charge is 0.119 e. The minimum absolute atomic E-state index is 0.164. The standard InChI is InChI=1S/C15H18BrN3O/c1-2-20-12-6-3-10(4-7-12)15(19-18)13-9-11(16)5-8-14(13)17/h3-9,15,19H,2,17-18H2,1H3. The van der Waals surface area contributed by atoms with Gasteiger partial charge < -0.3 is 10.5 Å². The van der Waals surface area contributed by atoms with E-state index < -0.39 is 0 Å². The number of nitrogen functional groups attached to an aromatic ring is 1. The van der Waals surface area contributed by atoms with Crippen LogP contribution in [0.5, 0.6) is 5.75 Å². The first-order chi connectivity index (χ1) is 9.65. The van der Waals surface area contributed by atoms with Gasteiger partial charge in [0, 0.05) is 10.2 Å². The molecular formula is C15H18BrN3O. The summed E-state index contributed by atoms with van der Waals surface area (Å²) >= 11 is 3.45. The van der Waals surface area contributed by atoms with Crippen LogP contribution in [-0.4, -0.2) is 6.61 Å². The molecule has 5 heteroatoms. The summed E-state index contributed by atoms with van der Waals surface area (Å²) in [5, 5.41) is 0. The summed E-state index contributed by atoms with van der Waals surface area (Å²) in [6.07, 6.45) is 0. The molecule has 1 unspecified atom stereocenters. The second-order valence-corrected chi connectivity index (χ2v) is 5.29. The van der Waals surface area contributed by atoms with Gasteiger partial charge in [-0.25, -0.2) is 5.43 Å². The van der Waals surface area contributed by atoms with Crippen LogP contribution < -0.4 is 21.7 Å². The van der Waals surface area contributed by atoms with Crippen LogP contribution in [0, 0.1) is 0 Å². The molecule has 0 aliphatic rings. The van der Waals surface area contributed by atoms with E-state index >= 15 is 0 Å². The molecule has 0 radical (unpaired) electrons. The number of hydrazine groups is 1. The monoisotopic (exact) mass is 335 g/mol. The summed E-state index contributed by atoms with van der Waals surface area (Å²) in [5.74, 6) is 6.54. The third kappa shape index (κ3) is 3.30. The van der Waals surface area contributed by atoms with Crippen LogP contribution in [-0.2, 0) is 0 Å². The van der Waals surface area contributed by atoms with Crippen molar-refractivity contribution in [3.8, 4) is 5.75 Å². The molecule has 0 saturated carbocycles. The Hall–Kier alpha value is -1.56. The average Bonchev–Trinajstić information content (AvgIpc) is 2.45. The molecule has 2 rings (SSSR count). The van der Waals surface area contributed by atoms with Gasteiger partial charge in [0.05, 0.1) is 12.6 Å². The highest BCUT2D eigenvalue weighted by atomic mass is 79.9. The lowest BCUT2D eigenvalue weighted by Gasteiger charge is -2.19. The van der Waals surface area contributed by atoms with Gasteiger partial charge in [-0.1, -0.05) is 28.1 Å². The van der Waals surface area contributed by atoms with Crippen molar-refractivity contribution in [2.45, 2.75) is 13.0 Å². The quantitative estimate of drug-likeness (QED) is 0.446. The van der Waals surface area contributed by atoms with Crippen LogP contribution in [0.4, 0.5) is 5.69 Å². The van der Waals surface area contributed by atoms with E-state index in [9.17, 15) is 0 Å². The minimum Gasteiger partial charge on any atom is -0.494 e. The fraction of sp³-hybridized carbons (Fsp3) is 0.200. The first-order valence-corrected chi connectivity index (χ1v) is 7.18. The summed E-state index contributed by atoms with van der Waals surface area (Å²) in [4.78, 5) is 0. The van der Waals surface area contributed by atoms with Gasteiger partial charge in [-0.15, -0.1) is 0 Å². The van der Waals surface area contributed by atoms with E-state index in [-0.39, 0.29) is 6.04 Å². The van der Waals surface area contributed by atoms with Gasteiger partial charge in [-0.3, -0.25) is 5.84 Å². The Morgan fingerprint density at radius 2 is 1.90 bits per heavy atom. The second-order valence-electron chi connectivity index (χ2n) is 4.37.